The Morgan fingerprint density at radius 3 is 3.08 bits per heavy atom. The van der Waals surface area contributed by atoms with E-state index in [4.69, 9.17) is 0 Å². The SMILES string of the molecule is CC1C=C2C=CCCC2=CC1I. The topological polar surface area (TPSA) is 0 Å². The van der Waals surface area contributed by atoms with Crippen LogP contribution in [0.2, 0.25) is 0 Å². The lowest BCUT2D eigenvalue weighted by molar-refractivity contribution is 0.747. The summed E-state index contributed by atoms with van der Waals surface area (Å²) in [7, 11) is 0. The van der Waals surface area contributed by atoms with Crippen LogP contribution >= 0.6 is 22.6 Å². The molecule has 2 unspecified atom stereocenters. The molecule has 0 amide bonds. The van der Waals surface area contributed by atoms with Crippen molar-refractivity contribution in [3.8, 4) is 0 Å². The molecule has 0 nitrogen and oxygen atoms in total. The Labute approximate surface area is 87.6 Å². The third-order valence-corrected chi connectivity index (χ3v) is 4.05. The van der Waals surface area contributed by atoms with Crippen LogP contribution in [-0.4, -0.2) is 3.92 Å². The highest BCUT2D eigenvalue weighted by Gasteiger charge is 2.18. The number of halogens is 1. The van der Waals surface area contributed by atoms with Crippen molar-refractivity contribution in [1.82, 2.24) is 0 Å². The first-order chi connectivity index (χ1) is 5.77. The molecule has 0 radical (unpaired) electrons. The van der Waals surface area contributed by atoms with Crippen LogP contribution in [0.1, 0.15) is 19.8 Å². The zero-order chi connectivity index (χ0) is 8.55. The first kappa shape index (κ1) is 8.54. The highest BCUT2D eigenvalue weighted by Crippen LogP contribution is 2.33. The minimum atomic E-state index is 0.701. The van der Waals surface area contributed by atoms with Crippen molar-refractivity contribution in [3.05, 3.63) is 35.5 Å². The molecule has 64 valence electrons. The van der Waals surface area contributed by atoms with Gasteiger partial charge in [0.05, 0.1) is 0 Å². The number of hydrogen-bond acceptors (Lipinski definition) is 0. The van der Waals surface area contributed by atoms with E-state index in [0.717, 1.165) is 0 Å². The third-order valence-electron chi connectivity index (χ3n) is 2.55. The van der Waals surface area contributed by atoms with Gasteiger partial charge >= 0.3 is 0 Å². The highest BCUT2D eigenvalue weighted by molar-refractivity contribution is 14.1. The molecule has 0 saturated carbocycles. The van der Waals surface area contributed by atoms with Crippen molar-refractivity contribution in [2.75, 3.05) is 0 Å². The van der Waals surface area contributed by atoms with E-state index in [1.165, 1.54) is 18.4 Å². The molecule has 0 fully saturated rings. The molecule has 1 heteroatoms. The van der Waals surface area contributed by atoms with Crippen LogP contribution < -0.4 is 0 Å². The van der Waals surface area contributed by atoms with Gasteiger partial charge in [-0.1, -0.05) is 53.8 Å². The van der Waals surface area contributed by atoms with Crippen LogP contribution in [0.25, 0.3) is 0 Å². The highest BCUT2D eigenvalue weighted by atomic mass is 127. The van der Waals surface area contributed by atoms with Gasteiger partial charge in [-0.2, -0.15) is 0 Å². The molecular formula is C11H13I. The standard InChI is InChI=1S/C11H13I/c1-8-6-9-4-2-3-5-10(9)7-11(8)12/h2,4,6-8,11H,3,5H2,1H3. The summed E-state index contributed by atoms with van der Waals surface area (Å²) in [6.45, 7) is 2.29. The van der Waals surface area contributed by atoms with Crippen LogP contribution in [-0.2, 0) is 0 Å². The Hall–Kier alpha value is -0.0500. The second-order valence-corrected chi connectivity index (χ2v) is 5.00. The van der Waals surface area contributed by atoms with Gasteiger partial charge in [0.15, 0.2) is 0 Å². The van der Waals surface area contributed by atoms with E-state index in [-0.39, 0.29) is 0 Å². The van der Waals surface area contributed by atoms with Gasteiger partial charge in [-0.05, 0) is 29.9 Å². The Kier molecular flexibility index (Phi) is 2.40. The van der Waals surface area contributed by atoms with E-state index in [1.807, 2.05) is 0 Å². The zero-order valence-electron chi connectivity index (χ0n) is 7.26. The summed E-state index contributed by atoms with van der Waals surface area (Å²) in [5.41, 5.74) is 3.04. The van der Waals surface area contributed by atoms with Gasteiger partial charge in [0, 0.05) is 3.92 Å². The molecule has 0 aliphatic heterocycles. The fraction of sp³-hybridized carbons (Fsp3) is 0.455. The molecule has 0 saturated heterocycles. The molecule has 0 aromatic rings. The summed E-state index contributed by atoms with van der Waals surface area (Å²) in [6, 6.07) is 0. The average molecular weight is 272 g/mol. The number of allylic oxidation sites excluding steroid dienone is 6. The first-order valence-electron chi connectivity index (χ1n) is 4.51. The lowest BCUT2D eigenvalue weighted by atomic mass is 9.86. The number of hydrogen-bond donors (Lipinski definition) is 0. The summed E-state index contributed by atoms with van der Waals surface area (Å²) < 4.78 is 0.702. The Morgan fingerprint density at radius 1 is 1.42 bits per heavy atom. The van der Waals surface area contributed by atoms with E-state index in [0.29, 0.717) is 9.84 Å². The molecule has 2 rings (SSSR count). The predicted octanol–water partition coefficient (Wildman–Crippen LogP) is 3.64. The van der Waals surface area contributed by atoms with Crippen LogP contribution in [0.4, 0.5) is 0 Å². The number of rotatable bonds is 0. The van der Waals surface area contributed by atoms with Gasteiger partial charge < -0.3 is 0 Å². The molecule has 0 N–H and O–H groups in total. The zero-order valence-corrected chi connectivity index (χ0v) is 9.41. The average Bonchev–Trinajstić information content (AvgIpc) is 2.07. The number of alkyl halides is 1. The van der Waals surface area contributed by atoms with Gasteiger partial charge in [0.1, 0.15) is 0 Å². The van der Waals surface area contributed by atoms with Crippen molar-refractivity contribution in [2.45, 2.75) is 23.7 Å². The second kappa shape index (κ2) is 3.36. The van der Waals surface area contributed by atoms with Gasteiger partial charge in [0.25, 0.3) is 0 Å². The van der Waals surface area contributed by atoms with Crippen molar-refractivity contribution in [3.63, 3.8) is 0 Å². The lowest BCUT2D eigenvalue weighted by Crippen LogP contribution is -2.13. The van der Waals surface area contributed by atoms with Crippen LogP contribution in [0, 0.1) is 5.92 Å². The van der Waals surface area contributed by atoms with E-state index < -0.39 is 0 Å². The van der Waals surface area contributed by atoms with E-state index >= 15 is 0 Å². The Morgan fingerprint density at radius 2 is 2.25 bits per heavy atom. The van der Waals surface area contributed by atoms with Crippen molar-refractivity contribution >= 4 is 22.6 Å². The summed E-state index contributed by atoms with van der Waals surface area (Å²) in [5.74, 6) is 0.701. The maximum absolute atomic E-state index is 2.53. The summed E-state index contributed by atoms with van der Waals surface area (Å²) in [6.07, 6.45) is 11.9. The fourth-order valence-corrected chi connectivity index (χ4v) is 2.40. The quantitative estimate of drug-likeness (QED) is 0.466. The van der Waals surface area contributed by atoms with Crippen LogP contribution in [0.5, 0.6) is 0 Å². The van der Waals surface area contributed by atoms with Crippen molar-refractivity contribution < 1.29 is 0 Å². The van der Waals surface area contributed by atoms with E-state index in [1.54, 1.807) is 5.57 Å². The lowest BCUT2D eigenvalue weighted by Gasteiger charge is -2.23. The van der Waals surface area contributed by atoms with Crippen LogP contribution in [0.15, 0.2) is 35.5 Å². The molecule has 2 aliphatic rings. The minimum absolute atomic E-state index is 0.701. The van der Waals surface area contributed by atoms with Gasteiger partial charge in [0.2, 0.25) is 0 Å². The maximum atomic E-state index is 2.53. The molecule has 0 aromatic carbocycles. The van der Waals surface area contributed by atoms with E-state index in [2.05, 4.69) is 53.8 Å². The molecule has 2 aliphatic carbocycles. The largest absolute Gasteiger partial charge is 0.0836 e. The molecule has 12 heavy (non-hydrogen) atoms. The fourth-order valence-electron chi connectivity index (χ4n) is 1.76. The molecular weight excluding hydrogens is 259 g/mol. The first-order valence-corrected chi connectivity index (χ1v) is 5.75. The molecule has 0 heterocycles. The maximum Gasteiger partial charge on any atom is 0.0355 e. The molecule has 0 bridgehead atoms. The van der Waals surface area contributed by atoms with Crippen molar-refractivity contribution in [1.29, 1.82) is 0 Å². The summed E-state index contributed by atoms with van der Waals surface area (Å²) in [4.78, 5) is 0. The minimum Gasteiger partial charge on any atom is -0.0836 e. The Balaban J connectivity index is 2.33. The monoisotopic (exact) mass is 272 g/mol. The predicted molar refractivity (Wildman–Crippen MR) is 61.5 cm³/mol. The smallest absolute Gasteiger partial charge is 0.0355 e. The molecule has 2 atom stereocenters. The van der Waals surface area contributed by atoms with Gasteiger partial charge in [-0.25, -0.2) is 0 Å². The molecule has 0 aromatic heterocycles. The molecule has 0 spiro atoms. The second-order valence-electron chi connectivity index (χ2n) is 3.56. The van der Waals surface area contributed by atoms with Gasteiger partial charge in [-0.3, -0.25) is 0 Å². The van der Waals surface area contributed by atoms with Crippen molar-refractivity contribution in [2.24, 2.45) is 5.92 Å². The van der Waals surface area contributed by atoms with Gasteiger partial charge in [-0.15, -0.1) is 0 Å². The Bertz CT molecular complexity index is 271. The normalized spacial score (nSPS) is 33.8. The number of fused-ring (bicyclic) bond motifs is 1. The summed E-state index contributed by atoms with van der Waals surface area (Å²) in [5, 5.41) is 0. The summed E-state index contributed by atoms with van der Waals surface area (Å²) >= 11 is 2.53. The third kappa shape index (κ3) is 1.51. The van der Waals surface area contributed by atoms with Crippen LogP contribution in [0.3, 0.4) is 0 Å². The van der Waals surface area contributed by atoms with E-state index in [9.17, 15) is 0 Å².